The molecule has 0 spiro atoms. The lowest BCUT2D eigenvalue weighted by Crippen LogP contribution is -2.38. The molecule has 2 atom stereocenters. The molecule has 0 aliphatic rings. The molecule has 1 aromatic carbocycles. The second-order valence-corrected chi connectivity index (χ2v) is 5.70. The van der Waals surface area contributed by atoms with Crippen LogP contribution >= 0.6 is 0 Å². The molecule has 1 heterocycles. The third-order valence-corrected chi connectivity index (χ3v) is 3.95. The molecule has 2 unspecified atom stereocenters. The van der Waals surface area contributed by atoms with Crippen molar-refractivity contribution in [2.75, 3.05) is 7.05 Å². The Bertz CT molecular complexity index is 536. The zero-order chi connectivity index (χ0) is 15.2. The number of nitrogens with zero attached hydrogens (tertiary/aromatic N) is 2. The molecule has 3 heteroatoms. The van der Waals surface area contributed by atoms with Crippen molar-refractivity contribution < 1.29 is 0 Å². The van der Waals surface area contributed by atoms with Gasteiger partial charge in [0, 0.05) is 25.0 Å². The van der Waals surface area contributed by atoms with Gasteiger partial charge in [0.1, 0.15) is 0 Å². The first-order valence-corrected chi connectivity index (χ1v) is 7.53. The molecular formula is C18H25N3. The van der Waals surface area contributed by atoms with E-state index in [0.29, 0.717) is 0 Å². The highest BCUT2D eigenvalue weighted by molar-refractivity contribution is 5.22. The Hall–Kier alpha value is -1.71. The Labute approximate surface area is 127 Å². The minimum atomic E-state index is 0.114. The van der Waals surface area contributed by atoms with E-state index in [4.69, 9.17) is 5.73 Å². The monoisotopic (exact) mass is 283 g/mol. The number of aryl methyl sites for hydroxylation is 1. The van der Waals surface area contributed by atoms with E-state index < -0.39 is 0 Å². The summed E-state index contributed by atoms with van der Waals surface area (Å²) in [5, 5.41) is 0. The van der Waals surface area contributed by atoms with Crippen molar-refractivity contribution >= 4 is 0 Å². The van der Waals surface area contributed by atoms with E-state index >= 15 is 0 Å². The average Bonchev–Trinajstić information content (AvgIpc) is 2.50. The predicted octanol–water partition coefficient (Wildman–Crippen LogP) is 3.30. The average molecular weight is 283 g/mol. The van der Waals surface area contributed by atoms with E-state index in [1.54, 1.807) is 0 Å². The Morgan fingerprint density at radius 2 is 1.71 bits per heavy atom. The summed E-state index contributed by atoms with van der Waals surface area (Å²) in [5.41, 5.74) is 10.2. The van der Waals surface area contributed by atoms with E-state index in [1.807, 2.05) is 12.4 Å². The smallest absolute Gasteiger partial charge is 0.0500 e. The van der Waals surface area contributed by atoms with Crippen molar-refractivity contribution in [3.8, 4) is 0 Å². The summed E-state index contributed by atoms with van der Waals surface area (Å²) in [4.78, 5) is 6.43. The summed E-state index contributed by atoms with van der Waals surface area (Å²) in [7, 11) is 2.14. The van der Waals surface area contributed by atoms with Crippen LogP contribution in [0, 0.1) is 6.92 Å². The Morgan fingerprint density at radius 1 is 1.10 bits per heavy atom. The highest BCUT2D eigenvalue weighted by atomic mass is 15.1. The van der Waals surface area contributed by atoms with Crippen molar-refractivity contribution in [1.29, 1.82) is 0 Å². The molecule has 2 rings (SSSR count). The fourth-order valence-electron chi connectivity index (χ4n) is 2.69. The highest BCUT2D eigenvalue weighted by Gasteiger charge is 2.23. The number of rotatable bonds is 6. The van der Waals surface area contributed by atoms with Gasteiger partial charge in [0.05, 0.1) is 6.04 Å². The summed E-state index contributed by atoms with van der Waals surface area (Å²) >= 11 is 0. The van der Waals surface area contributed by atoms with E-state index in [-0.39, 0.29) is 12.1 Å². The highest BCUT2D eigenvalue weighted by Crippen LogP contribution is 2.25. The number of aromatic nitrogens is 1. The fourth-order valence-corrected chi connectivity index (χ4v) is 2.69. The largest absolute Gasteiger partial charge is 0.326 e. The first kappa shape index (κ1) is 15.7. The van der Waals surface area contributed by atoms with Crippen LogP contribution in [-0.4, -0.2) is 23.0 Å². The molecule has 112 valence electrons. The maximum Gasteiger partial charge on any atom is 0.0500 e. The summed E-state index contributed by atoms with van der Waals surface area (Å²) in [6.07, 6.45) is 4.63. The molecule has 21 heavy (non-hydrogen) atoms. The molecule has 0 amide bonds. The van der Waals surface area contributed by atoms with Crippen LogP contribution in [0.1, 0.15) is 36.1 Å². The Balaban J connectivity index is 2.18. The maximum atomic E-state index is 6.37. The van der Waals surface area contributed by atoms with Crippen LogP contribution in [0.25, 0.3) is 0 Å². The Kier molecular flexibility index (Phi) is 5.48. The van der Waals surface area contributed by atoms with Crippen LogP contribution in [0.2, 0.25) is 0 Å². The summed E-state index contributed by atoms with van der Waals surface area (Å²) in [5.74, 6) is 0. The van der Waals surface area contributed by atoms with Crippen LogP contribution in [0.15, 0.2) is 48.8 Å². The van der Waals surface area contributed by atoms with Crippen LogP contribution in [0.3, 0.4) is 0 Å². The second-order valence-electron chi connectivity index (χ2n) is 5.70. The number of benzene rings is 1. The molecule has 0 fully saturated rings. The first-order chi connectivity index (χ1) is 10.1. The standard InChI is InChI=1S/C18H25N3/c1-4-17(19)18(16-9-11-20-12-10-16)21(3)13-15-7-5-14(2)6-8-15/h5-12,17-18H,4,13,19H2,1-3H3. The van der Waals surface area contributed by atoms with Crippen molar-refractivity contribution in [1.82, 2.24) is 9.88 Å². The SMILES string of the molecule is CCC(N)C(c1ccncc1)N(C)Cc1ccc(C)cc1. The van der Waals surface area contributed by atoms with Gasteiger partial charge in [-0.1, -0.05) is 36.8 Å². The summed E-state index contributed by atoms with van der Waals surface area (Å²) < 4.78 is 0. The van der Waals surface area contributed by atoms with Crippen molar-refractivity contribution in [2.24, 2.45) is 5.73 Å². The van der Waals surface area contributed by atoms with Gasteiger partial charge in [0.15, 0.2) is 0 Å². The zero-order valence-electron chi connectivity index (χ0n) is 13.2. The predicted molar refractivity (Wildman–Crippen MR) is 87.9 cm³/mol. The van der Waals surface area contributed by atoms with E-state index in [2.05, 4.69) is 67.2 Å². The lowest BCUT2D eigenvalue weighted by atomic mass is 9.97. The molecule has 0 aliphatic heterocycles. The van der Waals surface area contributed by atoms with Crippen LogP contribution < -0.4 is 5.73 Å². The third-order valence-electron chi connectivity index (χ3n) is 3.95. The van der Waals surface area contributed by atoms with Crippen molar-refractivity contribution in [3.63, 3.8) is 0 Å². The van der Waals surface area contributed by atoms with Gasteiger partial charge in [-0.2, -0.15) is 0 Å². The molecule has 2 N–H and O–H groups in total. The number of hydrogen-bond donors (Lipinski definition) is 1. The van der Waals surface area contributed by atoms with Crippen molar-refractivity contribution in [3.05, 3.63) is 65.5 Å². The van der Waals surface area contributed by atoms with Gasteiger partial charge in [-0.15, -0.1) is 0 Å². The zero-order valence-corrected chi connectivity index (χ0v) is 13.2. The van der Waals surface area contributed by atoms with Gasteiger partial charge in [0.25, 0.3) is 0 Å². The topological polar surface area (TPSA) is 42.1 Å². The van der Waals surface area contributed by atoms with Gasteiger partial charge >= 0.3 is 0 Å². The minimum absolute atomic E-state index is 0.114. The fraction of sp³-hybridized carbons (Fsp3) is 0.389. The van der Waals surface area contributed by atoms with Gasteiger partial charge in [-0.25, -0.2) is 0 Å². The van der Waals surface area contributed by atoms with Gasteiger partial charge < -0.3 is 5.73 Å². The minimum Gasteiger partial charge on any atom is -0.326 e. The normalized spacial score (nSPS) is 14.1. The molecule has 2 aromatic rings. The molecule has 0 radical (unpaired) electrons. The number of hydrogen-bond acceptors (Lipinski definition) is 3. The molecule has 0 saturated carbocycles. The van der Waals surface area contributed by atoms with Gasteiger partial charge in [-0.05, 0) is 43.7 Å². The van der Waals surface area contributed by atoms with Crippen LogP contribution in [0.5, 0.6) is 0 Å². The molecular weight excluding hydrogens is 258 g/mol. The lowest BCUT2D eigenvalue weighted by Gasteiger charge is -2.32. The van der Waals surface area contributed by atoms with Crippen LogP contribution in [-0.2, 0) is 6.54 Å². The summed E-state index contributed by atoms with van der Waals surface area (Å²) in [6.45, 7) is 5.14. The van der Waals surface area contributed by atoms with Gasteiger partial charge in [-0.3, -0.25) is 9.88 Å². The van der Waals surface area contributed by atoms with E-state index in [9.17, 15) is 0 Å². The van der Waals surface area contributed by atoms with Crippen molar-refractivity contribution in [2.45, 2.75) is 38.9 Å². The third kappa shape index (κ3) is 4.13. The maximum absolute atomic E-state index is 6.37. The number of likely N-dealkylation sites (N-methyl/N-ethyl adjacent to an activating group) is 1. The molecule has 3 nitrogen and oxygen atoms in total. The second kappa shape index (κ2) is 7.34. The molecule has 0 bridgehead atoms. The van der Waals surface area contributed by atoms with E-state index in [0.717, 1.165) is 13.0 Å². The first-order valence-electron chi connectivity index (χ1n) is 7.53. The number of pyridine rings is 1. The van der Waals surface area contributed by atoms with E-state index in [1.165, 1.54) is 16.7 Å². The lowest BCUT2D eigenvalue weighted by molar-refractivity contribution is 0.201. The molecule has 0 aliphatic carbocycles. The van der Waals surface area contributed by atoms with Gasteiger partial charge in [0.2, 0.25) is 0 Å². The summed E-state index contributed by atoms with van der Waals surface area (Å²) in [6, 6.07) is 13.1. The number of nitrogens with two attached hydrogens (primary N) is 1. The van der Waals surface area contributed by atoms with Crippen LogP contribution in [0.4, 0.5) is 0 Å². The molecule has 0 saturated heterocycles. The molecule has 1 aromatic heterocycles. The quantitative estimate of drug-likeness (QED) is 0.884. The Morgan fingerprint density at radius 3 is 2.29 bits per heavy atom.